The minimum Gasteiger partial charge on any atom is -0.398 e. The highest BCUT2D eigenvalue weighted by atomic mass is 19.4. The predicted octanol–water partition coefficient (Wildman–Crippen LogP) is 2.51. The number of anilines is 2. The zero-order valence-corrected chi connectivity index (χ0v) is 10.00. The molecule has 0 aromatic heterocycles. The lowest BCUT2D eigenvalue weighted by Crippen LogP contribution is -2.22. The maximum atomic E-state index is 12.7. The summed E-state index contributed by atoms with van der Waals surface area (Å²) in [5.74, 6) is 0. The summed E-state index contributed by atoms with van der Waals surface area (Å²) in [5.41, 5.74) is 4.88. The number of hydrogen-bond donors (Lipinski definition) is 1. The lowest BCUT2D eigenvalue weighted by atomic mass is 10.1. The first kappa shape index (κ1) is 13.0. The molecule has 1 heterocycles. The number of nitrogen functional groups attached to an aromatic ring is 1. The molecule has 0 bridgehead atoms. The number of benzene rings is 1. The van der Waals surface area contributed by atoms with Crippen LogP contribution in [0.15, 0.2) is 18.2 Å². The Bertz CT molecular complexity index is 434. The molecule has 6 heteroatoms. The highest BCUT2D eigenvalue weighted by Crippen LogP contribution is 2.36. The van der Waals surface area contributed by atoms with Gasteiger partial charge in [-0.15, -0.1) is 0 Å². The van der Waals surface area contributed by atoms with Gasteiger partial charge in [0, 0.05) is 31.6 Å². The van der Waals surface area contributed by atoms with Crippen LogP contribution in [-0.4, -0.2) is 26.3 Å². The van der Waals surface area contributed by atoms with E-state index in [0.29, 0.717) is 18.8 Å². The molecule has 0 aliphatic carbocycles. The highest BCUT2D eigenvalue weighted by Gasteiger charge is 2.34. The highest BCUT2D eigenvalue weighted by molar-refractivity contribution is 5.60. The van der Waals surface area contributed by atoms with Gasteiger partial charge in [-0.05, 0) is 24.6 Å². The van der Waals surface area contributed by atoms with E-state index in [2.05, 4.69) is 0 Å². The Labute approximate surface area is 103 Å². The van der Waals surface area contributed by atoms with Gasteiger partial charge in [-0.2, -0.15) is 13.2 Å². The van der Waals surface area contributed by atoms with Crippen molar-refractivity contribution in [3.8, 4) is 0 Å². The van der Waals surface area contributed by atoms with Gasteiger partial charge in [0.05, 0.1) is 11.7 Å². The Morgan fingerprint density at radius 3 is 2.67 bits per heavy atom. The molecule has 3 nitrogen and oxygen atoms in total. The molecule has 100 valence electrons. The van der Waals surface area contributed by atoms with E-state index in [0.717, 1.165) is 12.5 Å². The van der Waals surface area contributed by atoms with E-state index in [1.807, 2.05) is 4.90 Å². The molecular formula is C12H15F3N2O. The number of rotatable bonds is 2. The van der Waals surface area contributed by atoms with Crippen molar-refractivity contribution >= 4 is 11.4 Å². The fourth-order valence-corrected chi connectivity index (χ4v) is 2.14. The monoisotopic (exact) mass is 260 g/mol. The van der Waals surface area contributed by atoms with Gasteiger partial charge in [0.2, 0.25) is 0 Å². The molecule has 1 aliphatic rings. The van der Waals surface area contributed by atoms with Crippen molar-refractivity contribution in [3.05, 3.63) is 23.8 Å². The van der Waals surface area contributed by atoms with Gasteiger partial charge in [-0.3, -0.25) is 0 Å². The summed E-state index contributed by atoms with van der Waals surface area (Å²) in [6.07, 6.45) is -3.51. The number of methoxy groups -OCH3 is 1. The number of nitrogens with zero attached hydrogens (tertiary/aromatic N) is 1. The average Bonchev–Trinajstić information content (AvgIpc) is 2.76. The summed E-state index contributed by atoms with van der Waals surface area (Å²) in [6.45, 7) is 1.30. The first-order valence-electron chi connectivity index (χ1n) is 5.66. The van der Waals surface area contributed by atoms with Gasteiger partial charge >= 0.3 is 6.18 Å². The lowest BCUT2D eigenvalue weighted by Gasteiger charge is -2.20. The van der Waals surface area contributed by atoms with Crippen LogP contribution in [-0.2, 0) is 10.9 Å². The van der Waals surface area contributed by atoms with Gasteiger partial charge < -0.3 is 15.4 Å². The fourth-order valence-electron chi connectivity index (χ4n) is 2.14. The van der Waals surface area contributed by atoms with Crippen LogP contribution in [0.4, 0.5) is 24.5 Å². The van der Waals surface area contributed by atoms with Gasteiger partial charge in [-0.1, -0.05) is 0 Å². The second-order valence-electron chi connectivity index (χ2n) is 4.36. The smallest absolute Gasteiger partial charge is 0.398 e. The minimum absolute atomic E-state index is 0.0805. The molecule has 1 atom stereocenters. The molecule has 0 spiro atoms. The third kappa shape index (κ3) is 2.53. The molecule has 1 aliphatic heterocycles. The molecule has 1 aromatic carbocycles. The summed E-state index contributed by atoms with van der Waals surface area (Å²) in [4.78, 5) is 1.88. The predicted molar refractivity (Wildman–Crippen MR) is 63.5 cm³/mol. The van der Waals surface area contributed by atoms with Crippen LogP contribution < -0.4 is 10.6 Å². The fraction of sp³-hybridized carbons (Fsp3) is 0.500. The van der Waals surface area contributed by atoms with Crippen molar-refractivity contribution in [2.45, 2.75) is 18.7 Å². The largest absolute Gasteiger partial charge is 0.418 e. The molecule has 1 fully saturated rings. The summed E-state index contributed by atoms with van der Waals surface area (Å²) >= 11 is 0. The summed E-state index contributed by atoms with van der Waals surface area (Å²) in [7, 11) is 1.61. The van der Waals surface area contributed by atoms with Crippen LogP contribution in [0.2, 0.25) is 0 Å². The Balaban J connectivity index is 2.25. The molecule has 1 unspecified atom stereocenters. The Kier molecular flexibility index (Phi) is 3.38. The van der Waals surface area contributed by atoms with Crippen molar-refractivity contribution in [1.29, 1.82) is 0 Å². The van der Waals surface area contributed by atoms with E-state index >= 15 is 0 Å². The van der Waals surface area contributed by atoms with E-state index in [4.69, 9.17) is 10.5 Å². The van der Waals surface area contributed by atoms with E-state index in [-0.39, 0.29) is 11.8 Å². The zero-order chi connectivity index (χ0) is 13.3. The molecule has 2 N–H and O–H groups in total. The maximum Gasteiger partial charge on any atom is 0.418 e. The SMILES string of the molecule is COC1CCN(c2ccc(N)c(C(F)(F)F)c2)C1. The van der Waals surface area contributed by atoms with Crippen LogP contribution >= 0.6 is 0 Å². The number of halogens is 3. The Hall–Kier alpha value is -1.43. The topological polar surface area (TPSA) is 38.5 Å². The summed E-state index contributed by atoms with van der Waals surface area (Å²) in [5, 5.41) is 0. The summed E-state index contributed by atoms with van der Waals surface area (Å²) < 4.78 is 43.4. The first-order chi connectivity index (χ1) is 8.41. The molecule has 0 amide bonds. The lowest BCUT2D eigenvalue weighted by molar-refractivity contribution is -0.136. The molecule has 0 radical (unpaired) electrons. The van der Waals surface area contributed by atoms with Gasteiger partial charge in [0.1, 0.15) is 0 Å². The van der Waals surface area contributed by atoms with Crippen molar-refractivity contribution in [2.75, 3.05) is 30.8 Å². The van der Waals surface area contributed by atoms with Crippen molar-refractivity contribution < 1.29 is 17.9 Å². The van der Waals surface area contributed by atoms with Crippen LogP contribution in [0, 0.1) is 0 Å². The van der Waals surface area contributed by atoms with Crippen LogP contribution in [0.25, 0.3) is 0 Å². The van der Waals surface area contributed by atoms with Gasteiger partial charge in [0.15, 0.2) is 0 Å². The standard InChI is InChI=1S/C12H15F3N2O/c1-18-9-4-5-17(7-9)8-2-3-11(16)10(6-8)12(13,14)15/h2-3,6,9H,4-5,7,16H2,1H3. The van der Waals surface area contributed by atoms with Crippen molar-refractivity contribution in [1.82, 2.24) is 0 Å². The average molecular weight is 260 g/mol. The number of nitrogens with two attached hydrogens (primary N) is 1. The number of hydrogen-bond acceptors (Lipinski definition) is 3. The molecule has 1 aromatic rings. The van der Waals surface area contributed by atoms with Crippen LogP contribution in [0.5, 0.6) is 0 Å². The third-order valence-corrected chi connectivity index (χ3v) is 3.19. The van der Waals surface area contributed by atoms with Crippen molar-refractivity contribution in [2.24, 2.45) is 0 Å². The Morgan fingerprint density at radius 1 is 1.39 bits per heavy atom. The molecule has 2 rings (SSSR count). The van der Waals surface area contributed by atoms with Crippen LogP contribution in [0.1, 0.15) is 12.0 Å². The molecule has 18 heavy (non-hydrogen) atoms. The third-order valence-electron chi connectivity index (χ3n) is 3.19. The van der Waals surface area contributed by atoms with E-state index in [9.17, 15) is 13.2 Å². The number of ether oxygens (including phenoxy) is 1. The molecule has 0 saturated carbocycles. The number of alkyl halides is 3. The maximum absolute atomic E-state index is 12.7. The zero-order valence-electron chi connectivity index (χ0n) is 10.00. The van der Waals surface area contributed by atoms with E-state index in [1.165, 1.54) is 6.07 Å². The minimum atomic E-state index is -4.42. The first-order valence-corrected chi connectivity index (χ1v) is 5.66. The van der Waals surface area contributed by atoms with Crippen LogP contribution in [0.3, 0.4) is 0 Å². The van der Waals surface area contributed by atoms with E-state index < -0.39 is 11.7 Å². The van der Waals surface area contributed by atoms with Crippen molar-refractivity contribution in [3.63, 3.8) is 0 Å². The second-order valence-corrected chi connectivity index (χ2v) is 4.36. The molecular weight excluding hydrogens is 245 g/mol. The second kappa shape index (κ2) is 4.68. The van der Waals surface area contributed by atoms with Gasteiger partial charge in [-0.25, -0.2) is 0 Å². The summed E-state index contributed by atoms with van der Waals surface area (Å²) in [6, 6.07) is 4.02. The van der Waals surface area contributed by atoms with E-state index in [1.54, 1.807) is 13.2 Å². The Morgan fingerprint density at radius 2 is 2.11 bits per heavy atom. The van der Waals surface area contributed by atoms with Gasteiger partial charge in [0.25, 0.3) is 0 Å². The molecule has 1 saturated heterocycles. The quantitative estimate of drug-likeness (QED) is 0.830. The normalized spacial score (nSPS) is 20.4.